The molecule has 27 heavy (non-hydrogen) atoms. The van der Waals surface area contributed by atoms with E-state index in [0.717, 1.165) is 36.7 Å². The van der Waals surface area contributed by atoms with Crippen molar-refractivity contribution in [3.05, 3.63) is 23.8 Å². The van der Waals surface area contributed by atoms with E-state index < -0.39 is 0 Å². The second kappa shape index (κ2) is 9.31. The Morgan fingerprint density at radius 3 is 2.48 bits per heavy atom. The number of ether oxygens (including phenoxy) is 3. The first-order chi connectivity index (χ1) is 13.1. The molecule has 1 aromatic carbocycles. The summed E-state index contributed by atoms with van der Waals surface area (Å²) in [5.74, 6) is 1.67. The van der Waals surface area contributed by atoms with Crippen LogP contribution in [0.1, 0.15) is 45.3 Å². The summed E-state index contributed by atoms with van der Waals surface area (Å²) in [6.45, 7) is 11.7. The monoisotopic (exact) mass is 376 g/mol. The number of nitrogens with zero attached hydrogens (tertiary/aromatic N) is 2. The van der Waals surface area contributed by atoms with E-state index in [0.29, 0.717) is 26.3 Å². The summed E-state index contributed by atoms with van der Waals surface area (Å²) in [5, 5.41) is 0. The van der Waals surface area contributed by atoms with Gasteiger partial charge in [0.1, 0.15) is 19.3 Å². The third-order valence-electron chi connectivity index (χ3n) is 5.41. The van der Waals surface area contributed by atoms with Gasteiger partial charge in [-0.25, -0.2) is 4.79 Å². The number of hydrogen-bond acceptors (Lipinski definition) is 5. The van der Waals surface area contributed by atoms with Gasteiger partial charge in [0.25, 0.3) is 0 Å². The first kappa shape index (κ1) is 19.8. The lowest BCUT2D eigenvalue weighted by molar-refractivity contribution is 0.0309. The smallest absolute Gasteiger partial charge is 0.410 e. The van der Waals surface area contributed by atoms with E-state index in [1.54, 1.807) is 4.90 Å². The molecule has 6 nitrogen and oxygen atoms in total. The van der Waals surface area contributed by atoms with E-state index in [2.05, 4.69) is 11.8 Å². The van der Waals surface area contributed by atoms with Gasteiger partial charge in [-0.1, -0.05) is 13.0 Å². The number of carbonyl (C=O) groups is 1. The van der Waals surface area contributed by atoms with Gasteiger partial charge in [0.2, 0.25) is 0 Å². The average Bonchev–Trinajstić information content (AvgIpc) is 3.19. The van der Waals surface area contributed by atoms with Crippen molar-refractivity contribution < 1.29 is 19.0 Å². The Morgan fingerprint density at radius 2 is 1.81 bits per heavy atom. The molecule has 2 aliphatic heterocycles. The highest BCUT2D eigenvalue weighted by molar-refractivity contribution is 5.68. The fourth-order valence-electron chi connectivity index (χ4n) is 3.88. The van der Waals surface area contributed by atoms with Crippen LogP contribution in [0.5, 0.6) is 11.5 Å². The summed E-state index contributed by atoms with van der Waals surface area (Å²) < 4.78 is 17.4. The van der Waals surface area contributed by atoms with Crippen molar-refractivity contribution in [1.29, 1.82) is 0 Å². The zero-order valence-electron chi connectivity index (χ0n) is 16.8. The minimum atomic E-state index is -0.311. The minimum Gasteiger partial charge on any atom is -0.486 e. The molecule has 6 heteroatoms. The normalized spacial score (nSPS) is 18.8. The molecule has 2 aliphatic rings. The van der Waals surface area contributed by atoms with Crippen LogP contribution in [0.4, 0.5) is 4.79 Å². The zero-order valence-corrected chi connectivity index (χ0v) is 16.8. The summed E-state index contributed by atoms with van der Waals surface area (Å²) in [7, 11) is 0. The molecule has 150 valence electrons. The summed E-state index contributed by atoms with van der Waals surface area (Å²) in [5.41, 5.74) is 0.964. The fraction of sp³-hybridized carbons (Fsp3) is 0.667. The van der Waals surface area contributed by atoms with E-state index in [-0.39, 0.29) is 18.1 Å². The van der Waals surface area contributed by atoms with Crippen LogP contribution in [0.3, 0.4) is 0 Å². The van der Waals surface area contributed by atoms with Crippen molar-refractivity contribution in [2.24, 2.45) is 5.92 Å². The summed E-state index contributed by atoms with van der Waals surface area (Å²) >= 11 is 0. The van der Waals surface area contributed by atoms with Crippen molar-refractivity contribution in [3.8, 4) is 11.5 Å². The van der Waals surface area contributed by atoms with Crippen LogP contribution in [-0.2, 0) is 4.74 Å². The highest BCUT2D eigenvalue weighted by Gasteiger charge is 2.29. The first-order valence-corrected chi connectivity index (χ1v) is 10.2. The lowest BCUT2D eigenvalue weighted by atomic mass is 9.96. The number of rotatable bonds is 7. The molecule has 1 aromatic rings. The SMILES string of the molecule is CCN(CC)C(=O)O[C@H](c1ccc2c(c1)OCCO2)[C@H](C)CN1CCCC1. The molecular formula is C21H32N2O4. The maximum atomic E-state index is 12.7. The van der Waals surface area contributed by atoms with Crippen molar-refractivity contribution in [1.82, 2.24) is 9.80 Å². The van der Waals surface area contributed by atoms with E-state index in [4.69, 9.17) is 14.2 Å². The Labute approximate surface area is 162 Å². The second-order valence-corrected chi connectivity index (χ2v) is 7.36. The van der Waals surface area contributed by atoms with Gasteiger partial charge in [-0.2, -0.15) is 0 Å². The Hall–Kier alpha value is -1.95. The maximum Gasteiger partial charge on any atom is 0.410 e. The van der Waals surface area contributed by atoms with Gasteiger partial charge in [-0.3, -0.25) is 0 Å². The van der Waals surface area contributed by atoms with E-state index in [1.165, 1.54) is 12.8 Å². The second-order valence-electron chi connectivity index (χ2n) is 7.36. The lowest BCUT2D eigenvalue weighted by Gasteiger charge is -2.31. The van der Waals surface area contributed by atoms with E-state index in [1.807, 2.05) is 32.0 Å². The van der Waals surface area contributed by atoms with Gasteiger partial charge in [0.05, 0.1) is 0 Å². The van der Waals surface area contributed by atoms with Gasteiger partial charge >= 0.3 is 6.09 Å². The largest absolute Gasteiger partial charge is 0.486 e. The number of hydrogen-bond donors (Lipinski definition) is 0. The standard InChI is InChI=1S/C21H32N2O4/c1-4-23(5-2)21(24)27-20(16(3)15-22-10-6-7-11-22)17-8-9-18-19(14-17)26-13-12-25-18/h8-9,14,16,20H,4-7,10-13,15H2,1-3H3/t16-,20+/m1/s1. The molecule has 1 amide bonds. The molecular weight excluding hydrogens is 344 g/mol. The molecule has 0 bridgehead atoms. The Balaban J connectivity index is 1.80. The maximum absolute atomic E-state index is 12.7. The topological polar surface area (TPSA) is 51.2 Å². The number of likely N-dealkylation sites (tertiary alicyclic amines) is 1. The van der Waals surface area contributed by atoms with Crippen LogP contribution in [0.2, 0.25) is 0 Å². The van der Waals surface area contributed by atoms with Gasteiger partial charge in [0.15, 0.2) is 11.5 Å². The molecule has 0 N–H and O–H groups in total. The van der Waals surface area contributed by atoms with Crippen molar-refractivity contribution >= 4 is 6.09 Å². The van der Waals surface area contributed by atoms with Crippen LogP contribution in [-0.4, -0.2) is 61.8 Å². The highest BCUT2D eigenvalue weighted by atomic mass is 16.6. The van der Waals surface area contributed by atoms with E-state index in [9.17, 15) is 4.79 Å². The van der Waals surface area contributed by atoms with Gasteiger partial charge in [-0.05, 0) is 57.5 Å². The molecule has 0 aromatic heterocycles. The molecule has 0 unspecified atom stereocenters. The Kier molecular flexibility index (Phi) is 6.83. The molecule has 0 aliphatic carbocycles. The fourth-order valence-corrected chi connectivity index (χ4v) is 3.88. The third-order valence-corrected chi connectivity index (χ3v) is 5.41. The number of fused-ring (bicyclic) bond motifs is 1. The third kappa shape index (κ3) is 4.86. The van der Waals surface area contributed by atoms with Gasteiger partial charge in [-0.15, -0.1) is 0 Å². The average molecular weight is 376 g/mol. The molecule has 0 spiro atoms. The Morgan fingerprint density at radius 1 is 1.15 bits per heavy atom. The highest BCUT2D eigenvalue weighted by Crippen LogP contribution is 2.36. The molecule has 2 atom stereocenters. The van der Waals surface area contributed by atoms with Crippen LogP contribution >= 0.6 is 0 Å². The van der Waals surface area contributed by atoms with Crippen LogP contribution < -0.4 is 9.47 Å². The van der Waals surface area contributed by atoms with Crippen LogP contribution in [0, 0.1) is 5.92 Å². The first-order valence-electron chi connectivity index (χ1n) is 10.2. The Bertz CT molecular complexity index is 627. The number of amides is 1. The summed E-state index contributed by atoms with van der Waals surface area (Å²) in [4.78, 5) is 16.8. The predicted molar refractivity (Wildman–Crippen MR) is 104 cm³/mol. The number of carbonyl (C=O) groups excluding carboxylic acids is 1. The number of benzene rings is 1. The summed E-state index contributed by atoms with van der Waals surface area (Å²) in [6, 6.07) is 5.88. The van der Waals surface area contributed by atoms with Crippen molar-refractivity contribution in [3.63, 3.8) is 0 Å². The molecule has 0 radical (unpaired) electrons. The summed E-state index contributed by atoms with van der Waals surface area (Å²) in [6.07, 6.45) is 1.93. The molecule has 2 heterocycles. The zero-order chi connectivity index (χ0) is 19.2. The van der Waals surface area contributed by atoms with E-state index >= 15 is 0 Å². The van der Waals surface area contributed by atoms with Crippen molar-refractivity contribution in [2.45, 2.75) is 39.7 Å². The van der Waals surface area contributed by atoms with Gasteiger partial charge in [0, 0.05) is 25.6 Å². The molecule has 1 fully saturated rings. The van der Waals surface area contributed by atoms with Crippen LogP contribution in [0.15, 0.2) is 18.2 Å². The molecule has 0 saturated carbocycles. The van der Waals surface area contributed by atoms with Gasteiger partial charge < -0.3 is 24.0 Å². The minimum absolute atomic E-state index is 0.185. The molecule has 1 saturated heterocycles. The molecule has 3 rings (SSSR count). The lowest BCUT2D eigenvalue weighted by Crippen LogP contribution is -2.35. The van der Waals surface area contributed by atoms with Crippen molar-refractivity contribution in [2.75, 3.05) is 45.9 Å². The quantitative estimate of drug-likeness (QED) is 0.726. The van der Waals surface area contributed by atoms with Crippen LogP contribution in [0.25, 0.3) is 0 Å². The predicted octanol–water partition coefficient (Wildman–Crippen LogP) is 3.71.